The summed E-state index contributed by atoms with van der Waals surface area (Å²) in [6.45, 7) is 6.01. The van der Waals surface area contributed by atoms with Crippen LogP contribution in [0.3, 0.4) is 0 Å². The molecular weight excluding hydrogens is 534 g/mol. The summed E-state index contributed by atoms with van der Waals surface area (Å²) in [4.78, 5) is 47.3. The van der Waals surface area contributed by atoms with Crippen molar-refractivity contribution < 1.29 is 23.9 Å². The van der Waals surface area contributed by atoms with Gasteiger partial charge in [-0.25, -0.2) is 4.98 Å². The van der Waals surface area contributed by atoms with Crippen LogP contribution in [0.2, 0.25) is 0 Å². The first-order valence-electron chi connectivity index (χ1n) is 14.7. The van der Waals surface area contributed by atoms with Gasteiger partial charge in [0.1, 0.15) is 17.3 Å². The molecule has 0 radical (unpaired) electrons. The van der Waals surface area contributed by atoms with Crippen molar-refractivity contribution in [2.24, 2.45) is 0 Å². The van der Waals surface area contributed by atoms with Gasteiger partial charge in [0.05, 0.1) is 31.7 Å². The van der Waals surface area contributed by atoms with Crippen LogP contribution in [0.4, 0.5) is 0 Å². The van der Waals surface area contributed by atoms with E-state index < -0.39 is 6.04 Å². The summed E-state index contributed by atoms with van der Waals surface area (Å²) in [5.74, 6) is 1.88. The standard InChI is InChI=1S/C32H39N5O5/c1-3-29-33-13-16-36(29)15-12-31(39)37-14-11-28-27(20-37)34-30(38)21-35(4-2)32(40)19-23-7-5-9-25(17-23)42-26-10-6-8-24(18-26)22-41-28/h5-10,13,16-18,27-28H,3-4,11-12,14-15,19-22H2,1-2H3,(H,34,38)/t27-,28-/m0/s1. The number of likely N-dealkylation sites (N-methyl/N-ethyl adjacent to an activating group) is 1. The molecule has 2 aliphatic rings. The van der Waals surface area contributed by atoms with Crippen LogP contribution in [-0.4, -0.2) is 75.4 Å². The van der Waals surface area contributed by atoms with Crippen LogP contribution in [0.5, 0.6) is 11.5 Å². The lowest BCUT2D eigenvalue weighted by Gasteiger charge is -2.39. The Kier molecular flexibility index (Phi) is 9.53. The van der Waals surface area contributed by atoms with E-state index >= 15 is 0 Å². The van der Waals surface area contributed by atoms with Crippen molar-refractivity contribution in [1.82, 2.24) is 24.7 Å². The summed E-state index contributed by atoms with van der Waals surface area (Å²) in [5.41, 5.74) is 1.75. The molecule has 2 aliphatic heterocycles. The molecule has 10 heteroatoms. The average Bonchev–Trinajstić information content (AvgIpc) is 3.45. The fourth-order valence-electron chi connectivity index (χ4n) is 5.57. The van der Waals surface area contributed by atoms with Gasteiger partial charge in [-0.1, -0.05) is 31.2 Å². The summed E-state index contributed by atoms with van der Waals surface area (Å²) in [6.07, 6.45) is 5.25. The van der Waals surface area contributed by atoms with Gasteiger partial charge in [0.25, 0.3) is 0 Å². The first kappa shape index (κ1) is 29.3. The van der Waals surface area contributed by atoms with Crippen molar-refractivity contribution in [1.29, 1.82) is 0 Å². The molecule has 1 saturated heterocycles. The first-order valence-corrected chi connectivity index (χ1v) is 14.7. The summed E-state index contributed by atoms with van der Waals surface area (Å²) in [7, 11) is 0. The van der Waals surface area contributed by atoms with E-state index in [-0.39, 0.29) is 36.8 Å². The molecule has 3 heterocycles. The Morgan fingerprint density at radius 2 is 1.83 bits per heavy atom. The van der Waals surface area contributed by atoms with Crippen molar-refractivity contribution in [2.45, 2.75) is 64.8 Å². The SMILES string of the molecule is CCc1nccn1CCC(=O)N1CC[C@@H]2OCc3cccc(c3)Oc3cccc(c3)CC(=O)N(CC)CC(=O)N[C@H]2C1. The molecule has 0 unspecified atom stereocenters. The number of nitrogens with one attached hydrogen (secondary N) is 1. The number of rotatable bonds is 5. The van der Waals surface area contributed by atoms with Crippen molar-refractivity contribution in [3.05, 3.63) is 77.9 Å². The Morgan fingerprint density at radius 1 is 1.07 bits per heavy atom. The third-order valence-corrected chi connectivity index (χ3v) is 7.85. The van der Waals surface area contributed by atoms with E-state index in [1.54, 1.807) is 16.0 Å². The van der Waals surface area contributed by atoms with Crippen LogP contribution in [-0.2, 0) is 45.1 Å². The third kappa shape index (κ3) is 7.36. The zero-order chi connectivity index (χ0) is 29.5. The maximum atomic E-state index is 13.3. The molecule has 1 fully saturated rings. The topological polar surface area (TPSA) is 106 Å². The van der Waals surface area contributed by atoms with Gasteiger partial charge in [0.15, 0.2) is 0 Å². The molecule has 222 valence electrons. The molecule has 42 heavy (non-hydrogen) atoms. The van der Waals surface area contributed by atoms with Crippen molar-refractivity contribution in [2.75, 3.05) is 26.2 Å². The number of imidazole rings is 1. The van der Waals surface area contributed by atoms with Gasteiger partial charge in [-0.05, 0) is 48.7 Å². The second kappa shape index (κ2) is 13.7. The molecule has 0 saturated carbocycles. The first-order chi connectivity index (χ1) is 20.4. The lowest BCUT2D eigenvalue weighted by Crippen LogP contribution is -2.58. The molecule has 4 bridgehead atoms. The number of benzene rings is 2. The number of likely N-dealkylation sites (tertiary alicyclic amines) is 1. The summed E-state index contributed by atoms with van der Waals surface area (Å²) in [6, 6.07) is 14.7. The Morgan fingerprint density at radius 3 is 2.60 bits per heavy atom. The van der Waals surface area contributed by atoms with Gasteiger partial charge in [0, 0.05) is 51.4 Å². The van der Waals surface area contributed by atoms with Crippen LogP contribution in [0.1, 0.15) is 43.6 Å². The van der Waals surface area contributed by atoms with E-state index in [9.17, 15) is 14.4 Å². The van der Waals surface area contributed by atoms with Gasteiger partial charge in [0.2, 0.25) is 17.7 Å². The number of aryl methyl sites for hydroxylation is 2. The van der Waals surface area contributed by atoms with Crippen molar-refractivity contribution in [3.8, 4) is 11.5 Å². The Labute approximate surface area is 246 Å². The third-order valence-electron chi connectivity index (χ3n) is 7.85. The van der Waals surface area contributed by atoms with Crippen LogP contribution in [0, 0.1) is 0 Å². The van der Waals surface area contributed by atoms with E-state index in [1.807, 2.05) is 73.1 Å². The van der Waals surface area contributed by atoms with Gasteiger partial charge < -0.3 is 29.2 Å². The minimum absolute atomic E-state index is 0.0267. The lowest BCUT2D eigenvalue weighted by molar-refractivity contribution is -0.139. The van der Waals surface area contributed by atoms with E-state index in [4.69, 9.17) is 9.47 Å². The lowest BCUT2D eigenvalue weighted by atomic mass is 10.0. The molecule has 5 rings (SSSR count). The largest absolute Gasteiger partial charge is 0.457 e. The van der Waals surface area contributed by atoms with Crippen LogP contribution >= 0.6 is 0 Å². The molecule has 1 aromatic heterocycles. The number of hydrogen-bond donors (Lipinski definition) is 1. The van der Waals surface area contributed by atoms with E-state index in [2.05, 4.69) is 10.3 Å². The van der Waals surface area contributed by atoms with Crippen LogP contribution < -0.4 is 10.1 Å². The maximum Gasteiger partial charge on any atom is 0.239 e. The highest BCUT2D eigenvalue weighted by molar-refractivity contribution is 5.86. The molecule has 0 aliphatic carbocycles. The van der Waals surface area contributed by atoms with Gasteiger partial charge in [-0.15, -0.1) is 0 Å². The molecular formula is C32H39N5O5. The Balaban J connectivity index is 1.33. The van der Waals surface area contributed by atoms with Crippen molar-refractivity contribution >= 4 is 17.7 Å². The molecule has 2 atom stereocenters. The highest BCUT2D eigenvalue weighted by Crippen LogP contribution is 2.25. The molecule has 3 amide bonds. The van der Waals surface area contributed by atoms with Gasteiger partial charge >= 0.3 is 0 Å². The van der Waals surface area contributed by atoms with Crippen LogP contribution in [0.15, 0.2) is 60.9 Å². The summed E-state index contributed by atoms with van der Waals surface area (Å²) < 4.78 is 14.5. The van der Waals surface area contributed by atoms with Gasteiger partial charge in [-0.2, -0.15) is 0 Å². The van der Waals surface area contributed by atoms with E-state index in [1.165, 1.54) is 0 Å². The van der Waals surface area contributed by atoms with E-state index in [0.29, 0.717) is 57.1 Å². The molecule has 10 nitrogen and oxygen atoms in total. The molecule has 0 spiro atoms. The molecule has 2 aromatic carbocycles. The quantitative estimate of drug-likeness (QED) is 0.502. The zero-order valence-corrected chi connectivity index (χ0v) is 24.3. The fourth-order valence-corrected chi connectivity index (χ4v) is 5.57. The highest BCUT2D eigenvalue weighted by Gasteiger charge is 2.33. The second-order valence-electron chi connectivity index (χ2n) is 10.8. The Bertz CT molecular complexity index is 1410. The normalized spacial score (nSPS) is 19.9. The molecule has 3 aromatic rings. The number of piperidine rings is 1. The smallest absolute Gasteiger partial charge is 0.239 e. The average molecular weight is 574 g/mol. The Hall–Kier alpha value is -4.18. The number of ether oxygens (including phenoxy) is 2. The van der Waals surface area contributed by atoms with E-state index in [0.717, 1.165) is 23.4 Å². The van der Waals surface area contributed by atoms with Gasteiger partial charge in [-0.3, -0.25) is 14.4 Å². The molecule has 1 N–H and O–H groups in total. The van der Waals surface area contributed by atoms with Crippen molar-refractivity contribution in [3.63, 3.8) is 0 Å². The monoisotopic (exact) mass is 573 g/mol. The number of hydrogen-bond acceptors (Lipinski definition) is 6. The number of carbonyl (C=O) groups is 3. The predicted octanol–water partition coefficient (Wildman–Crippen LogP) is 3.34. The number of fused-ring (bicyclic) bond motifs is 5. The predicted molar refractivity (Wildman–Crippen MR) is 157 cm³/mol. The number of amides is 3. The summed E-state index contributed by atoms with van der Waals surface area (Å²) in [5, 5.41) is 3.09. The summed E-state index contributed by atoms with van der Waals surface area (Å²) >= 11 is 0. The van der Waals surface area contributed by atoms with Crippen LogP contribution in [0.25, 0.3) is 0 Å². The number of aromatic nitrogens is 2. The number of carbonyl (C=O) groups excluding carboxylic acids is 3. The minimum atomic E-state index is -0.409. The minimum Gasteiger partial charge on any atom is -0.457 e. The zero-order valence-electron chi connectivity index (χ0n) is 24.3. The highest BCUT2D eigenvalue weighted by atomic mass is 16.5. The fraction of sp³-hybridized carbons (Fsp3) is 0.438. The maximum absolute atomic E-state index is 13.3. The second-order valence-corrected chi connectivity index (χ2v) is 10.8. The number of nitrogens with zero attached hydrogens (tertiary/aromatic N) is 4.